The Bertz CT molecular complexity index is 173. The van der Waals surface area contributed by atoms with Crippen LogP contribution in [0, 0.1) is 0 Å². The number of thiocarbonyl (C=S) groups is 1. The Kier molecular flexibility index (Phi) is 7.70. The second kappa shape index (κ2) is 7.88. The second-order valence-corrected chi connectivity index (χ2v) is 4.62. The third-order valence-electron chi connectivity index (χ3n) is 2.32. The zero-order valence-electron chi connectivity index (χ0n) is 10.6. The third kappa shape index (κ3) is 6.68. The van der Waals surface area contributed by atoms with Gasteiger partial charge in [0.15, 0.2) is 5.11 Å². The van der Waals surface area contributed by atoms with Crippen LogP contribution >= 0.6 is 12.2 Å². The van der Waals surface area contributed by atoms with E-state index >= 15 is 0 Å². The van der Waals surface area contributed by atoms with Crippen molar-refractivity contribution in [2.24, 2.45) is 0 Å². The van der Waals surface area contributed by atoms with Gasteiger partial charge in [-0.3, -0.25) is 4.90 Å². The molecule has 3 nitrogen and oxygen atoms in total. The van der Waals surface area contributed by atoms with Crippen molar-refractivity contribution in [2.45, 2.75) is 46.7 Å². The van der Waals surface area contributed by atoms with Crippen LogP contribution in [-0.2, 0) is 0 Å². The lowest BCUT2D eigenvalue weighted by atomic mass is 10.2. The van der Waals surface area contributed by atoms with Gasteiger partial charge >= 0.3 is 0 Å². The molecule has 0 heterocycles. The maximum Gasteiger partial charge on any atom is 0.166 e. The number of rotatable bonds is 6. The van der Waals surface area contributed by atoms with E-state index in [9.17, 15) is 0 Å². The van der Waals surface area contributed by atoms with Crippen LogP contribution in [0.25, 0.3) is 0 Å². The first-order valence-corrected chi connectivity index (χ1v) is 6.17. The van der Waals surface area contributed by atoms with Crippen molar-refractivity contribution in [2.75, 3.05) is 19.6 Å². The molecule has 4 heteroatoms. The maximum atomic E-state index is 5.10. The molecule has 0 unspecified atom stereocenters. The predicted octanol–water partition coefficient (Wildman–Crippen LogP) is 1.59. The molecule has 0 rings (SSSR count). The molecule has 0 aromatic heterocycles. The summed E-state index contributed by atoms with van der Waals surface area (Å²) >= 11 is 5.10. The molecule has 0 aromatic carbocycles. The van der Waals surface area contributed by atoms with Crippen LogP contribution in [0.4, 0.5) is 0 Å². The molecule has 90 valence electrons. The van der Waals surface area contributed by atoms with Gasteiger partial charge in [0.2, 0.25) is 0 Å². The van der Waals surface area contributed by atoms with Crippen LogP contribution in [0.1, 0.15) is 34.6 Å². The predicted molar refractivity (Wildman–Crippen MR) is 71.3 cm³/mol. The molecule has 0 bridgehead atoms. The van der Waals surface area contributed by atoms with Crippen molar-refractivity contribution in [1.29, 1.82) is 0 Å². The highest BCUT2D eigenvalue weighted by atomic mass is 32.1. The molecular weight excluding hydrogens is 206 g/mol. The van der Waals surface area contributed by atoms with Crippen molar-refractivity contribution < 1.29 is 0 Å². The molecule has 0 amide bonds. The molecule has 0 atom stereocenters. The summed E-state index contributed by atoms with van der Waals surface area (Å²) in [6, 6.07) is 1.17. The Morgan fingerprint density at radius 2 is 1.67 bits per heavy atom. The highest BCUT2D eigenvalue weighted by Gasteiger charge is 2.12. The number of nitrogens with zero attached hydrogens (tertiary/aromatic N) is 1. The van der Waals surface area contributed by atoms with Crippen LogP contribution in [-0.4, -0.2) is 41.7 Å². The van der Waals surface area contributed by atoms with Crippen LogP contribution < -0.4 is 10.6 Å². The smallest absolute Gasteiger partial charge is 0.166 e. The fourth-order valence-corrected chi connectivity index (χ4v) is 1.88. The highest BCUT2D eigenvalue weighted by molar-refractivity contribution is 7.80. The molecule has 0 fully saturated rings. The summed E-state index contributed by atoms with van der Waals surface area (Å²) in [5.41, 5.74) is 0. The standard InChI is InChI=1S/C11H25N3S/c1-6-12-11(15)13-7-8-14(9(2)3)10(4)5/h9-10H,6-8H2,1-5H3,(H2,12,13,15). The van der Waals surface area contributed by atoms with E-state index in [4.69, 9.17) is 12.2 Å². The molecule has 2 N–H and O–H groups in total. The minimum absolute atomic E-state index is 0.583. The summed E-state index contributed by atoms with van der Waals surface area (Å²) in [6.07, 6.45) is 0. The van der Waals surface area contributed by atoms with E-state index in [1.54, 1.807) is 0 Å². The minimum Gasteiger partial charge on any atom is -0.363 e. The van der Waals surface area contributed by atoms with E-state index in [-0.39, 0.29) is 0 Å². The van der Waals surface area contributed by atoms with Crippen molar-refractivity contribution in [3.8, 4) is 0 Å². The second-order valence-electron chi connectivity index (χ2n) is 4.21. The van der Waals surface area contributed by atoms with Crippen molar-refractivity contribution in [3.05, 3.63) is 0 Å². The van der Waals surface area contributed by atoms with Gasteiger partial charge in [-0.25, -0.2) is 0 Å². The van der Waals surface area contributed by atoms with E-state index in [0.29, 0.717) is 12.1 Å². The topological polar surface area (TPSA) is 27.3 Å². The van der Waals surface area contributed by atoms with Crippen LogP contribution in [0.3, 0.4) is 0 Å². The first kappa shape index (κ1) is 14.6. The third-order valence-corrected chi connectivity index (χ3v) is 2.61. The average Bonchev–Trinajstić information content (AvgIpc) is 2.11. The van der Waals surface area contributed by atoms with Gasteiger partial charge in [-0.1, -0.05) is 0 Å². The SMILES string of the molecule is CCNC(=S)NCCN(C(C)C)C(C)C. The van der Waals surface area contributed by atoms with Gasteiger partial charge in [0.05, 0.1) is 0 Å². The molecule has 15 heavy (non-hydrogen) atoms. The van der Waals surface area contributed by atoms with Crippen molar-refractivity contribution >= 4 is 17.3 Å². The molecule has 0 aliphatic carbocycles. The summed E-state index contributed by atoms with van der Waals surface area (Å²) in [5, 5.41) is 7.04. The molecular formula is C11H25N3S. The zero-order valence-corrected chi connectivity index (χ0v) is 11.4. The first-order chi connectivity index (χ1) is 6.99. The van der Waals surface area contributed by atoms with Gasteiger partial charge in [0.1, 0.15) is 0 Å². The molecule has 0 spiro atoms. The summed E-state index contributed by atoms with van der Waals surface area (Å²) < 4.78 is 0. The molecule has 0 radical (unpaired) electrons. The van der Waals surface area contributed by atoms with E-state index in [1.807, 2.05) is 6.92 Å². The lowest BCUT2D eigenvalue weighted by Crippen LogP contribution is -2.44. The zero-order chi connectivity index (χ0) is 11.8. The van der Waals surface area contributed by atoms with Crippen LogP contribution in [0.5, 0.6) is 0 Å². The largest absolute Gasteiger partial charge is 0.363 e. The summed E-state index contributed by atoms with van der Waals surface area (Å²) in [6.45, 7) is 13.8. The van der Waals surface area contributed by atoms with Crippen molar-refractivity contribution in [1.82, 2.24) is 15.5 Å². The van der Waals surface area contributed by atoms with Gasteiger partial charge < -0.3 is 10.6 Å². The van der Waals surface area contributed by atoms with Gasteiger partial charge in [0.25, 0.3) is 0 Å². The number of hydrogen-bond donors (Lipinski definition) is 2. The van der Waals surface area contributed by atoms with E-state index < -0.39 is 0 Å². The molecule has 0 saturated carbocycles. The fraction of sp³-hybridized carbons (Fsp3) is 0.909. The van der Waals surface area contributed by atoms with Gasteiger partial charge in [-0.05, 0) is 46.8 Å². The first-order valence-electron chi connectivity index (χ1n) is 5.76. The fourth-order valence-electron chi connectivity index (χ4n) is 1.63. The monoisotopic (exact) mass is 231 g/mol. The summed E-state index contributed by atoms with van der Waals surface area (Å²) in [7, 11) is 0. The highest BCUT2D eigenvalue weighted by Crippen LogP contribution is 2.02. The molecule has 0 aliphatic rings. The molecule has 0 saturated heterocycles. The van der Waals surface area contributed by atoms with Crippen molar-refractivity contribution in [3.63, 3.8) is 0 Å². The van der Waals surface area contributed by atoms with Crippen LogP contribution in [0.15, 0.2) is 0 Å². The lowest BCUT2D eigenvalue weighted by molar-refractivity contribution is 0.178. The minimum atomic E-state index is 0.583. The number of nitrogens with one attached hydrogen (secondary N) is 2. The van der Waals surface area contributed by atoms with E-state index in [0.717, 1.165) is 24.7 Å². The maximum absolute atomic E-state index is 5.10. The molecule has 0 aliphatic heterocycles. The van der Waals surface area contributed by atoms with Crippen LogP contribution in [0.2, 0.25) is 0 Å². The number of hydrogen-bond acceptors (Lipinski definition) is 2. The lowest BCUT2D eigenvalue weighted by Gasteiger charge is -2.30. The Morgan fingerprint density at radius 1 is 1.13 bits per heavy atom. The Morgan fingerprint density at radius 3 is 2.07 bits per heavy atom. The average molecular weight is 231 g/mol. The quantitative estimate of drug-likeness (QED) is 0.679. The Balaban J connectivity index is 3.76. The normalized spacial score (nSPS) is 11.2. The summed E-state index contributed by atoms with van der Waals surface area (Å²) in [4.78, 5) is 2.45. The Hall–Kier alpha value is -0.350. The van der Waals surface area contributed by atoms with E-state index in [1.165, 1.54) is 0 Å². The van der Waals surface area contributed by atoms with E-state index in [2.05, 4.69) is 43.2 Å². The molecule has 0 aromatic rings. The Labute approximate surface area is 99.6 Å². The summed E-state index contributed by atoms with van der Waals surface area (Å²) in [5.74, 6) is 0. The van der Waals surface area contributed by atoms with Gasteiger partial charge in [-0.2, -0.15) is 0 Å². The van der Waals surface area contributed by atoms with Gasteiger partial charge in [-0.15, -0.1) is 0 Å². The van der Waals surface area contributed by atoms with Gasteiger partial charge in [0, 0.05) is 31.7 Å².